The van der Waals surface area contributed by atoms with Crippen LogP contribution in [0.1, 0.15) is 5.56 Å². The van der Waals surface area contributed by atoms with Gasteiger partial charge in [0, 0.05) is 0 Å². The van der Waals surface area contributed by atoms with E-state index in [0.29, 0.717) is 0 Å². The third kappa shape index (κ3) is 6.15. The summed E-state index contributed by atoms with van der Waals surface area (Å²) >= 11 is 0. The first-order valence-corrected chi connectivity index (χ1v) is 10.7. The lowest BCUT2D eigenvalue weighted by Gasteiger charge is -2.46. The molecule has 0 radical (unpaired) electrons. The first-order valence-electron chi connectivity index (χ1n) is 10.7. The Hall–Kier alpha value is -1.48. The minimum atomic E-state index is -1.57. The van der Waals surface area contributed by atoms with E-state index in [-0.39, 0.29) is 13.2 Å². The van der Waals surface area contributed by atoms with Gasteiger partial charge in [0.15, 0.2) is 12.6 Å². The van der Waals surface area contributed by atoms with E-state index in [9.17, 15) is 30.6 Å². The highest BCUT2D eigenvalue weighted by atomic mass is 16.7. The van der Waals surface area contributed by atoms with Crippen molar-refractivity contribution < 1.29 is 54.3 Å². The second-order valence-electron chi connectivity index (χ2n) is 7.90. The van der Waals surface area contributed by atoms with Gasteiger partial charge in [-0.3, -0.25) is 0 Å². The summed E-state index contributed by atoms with van der Waals surface area (Å²) in [5.41, 5.74) is 0.819. The highest BCUT2D eigenvalue weighted by Gasteiger charge is 2.51. The average Bonchev–Trinajstić information content (AvgIpc) is 2.83. The van der Waals surface area contributed by atoms with Crippen molar-refractivity contribution in [3.63, 3.8) is 0 Å². The van der Waals surface area contributed by atoms with Crippen molar-refractivity contribution in [3.8, 4) is 0 Å². The molecular weight excluding hydrogens is 440 g/mol. The van der Waals surface area contributed by atoms with Crippen LogP contribution < -0.4 is 0 Å². The minimum absolute atomic E-state index is 0.0111. The molecule has 0 unspecified atom stereocenters. The topological polar surface area (TPSA) is 168 Å². The third-order valence-electron chi connectivity index (χ3n) is 5.60. The molecule has 11 nitrogen and oxygen atoms in total. The van der Waals surface area contributed by atoms with Crippen LogP contribution in [-0.4, -0.2) is 112 Å². The molecule has 0 spiro atoms. The van der Waals surface area contributed by atoms with Gasteiger partial charge < -0.3 is 54.3 Å². The van der Waals surface area contributed by atoms with Crippen LogP contribution in [0.4, 0.5) is 0 Å². The summed E-state index contributed by atoms with van der Waals surface area (Å²) in [6.07, 6.45) is -12.0. The molecule has 33 heavy (non-hydrogen) atoms. The van der Waals surface area contributed by atoms with E-state index in [4.69, 9.17) is 23.7 Å². The van der Waals surface area contributed by atoms with E-state index in [0.717, 1.165) is 5.56 Å². The first-order chi connectivity index (χ1) is 15.9. The molecule has 0 amide bonds. The Balaban J connectivity index is 1.68. The van der Waals surface area contributed by atoms with Crippen molar-refractivity contribution in [2.75, 3.05) is 19.8 Å². The maximum Gasteiger partial charge on any atom is 0.187 e. The normalized spacial score (nSPS) is 39.3. The van der Waals surface area contributed by atoms with E-state index < -0.39 is 74.6 Å². The van der Waals surface area contributed by atoms with Crippen molar-refractivity contribution in [2.45, 2.75) is 68.0 Å². The van der Waals surface area contributed by atoms with Gasteiger partial charge in [-0.2, -0.15) is 0 Å². The Morgan fingerprint density at radius 1 is 0.788 bits per heavy atom. The van der Waals surface area contributed by atoms with Crippen LogP contribution in [0, 0.1) is 0 Å². The first kappa shape index (κ1) is 26.1. The van der Waals surface area contributed by atoms with Crippen LogP contribution in [0.2, 0.25) is 0 Å². The quantitative estimate of drug-likeness (QED) is 0.209. The summed E-state index contributed by atoms with van der Waals surface area (Å²) < 4.78 is 27.7. The standard InChI is InChI=1S/C22H32O11/c1-2-8-29-20-15(25)13(9-23)31-22(18(20)28)33-19-14(10-24)32-21(17(27)16(19)26)30-11-12-6-4-3-5-7-12/h2-7,13-28H,1,8-11H2/t13-,14-,15+,16-,17-,18-,19-,20+,21-,22+/m1/s1. The summed E-state index contributed by atoms with van der Waals surface area (Å²) in [5, 5.41) is 61.4. The molecule has 2 heterocycles. The van der Waals surface area contributed by atoms with E-state index >= 15 is 0 Å². The lowest BCUT2D eigenvalue weighted by molar-refractivity contribution is -0.362. The second kappa shape index (κ2) is 12.3. The minimum Gasteiger partial charge on any atom is -0.394 e. The molecule has 0 bridgehead atoms. The largest absolute Gasteiger partial charge is 0.394 e. The van der Waals surface area contributed by atoms with Crippen LogP contribution in [0.25, 0.3) is 0 Å². The fraction of sp³-hybridized carbons (Fsp3) is 0.636. The lowest BCUT2D eigenvalue weighted by Crippen LogP contribution is -2.65. The van der Waals surface area contributed by atoms with Crippen molar-refractivity contribution in [3.05, 3.63) is 48.6 Å². The highest BCUT2D eigenvalue weighted by Crippen LogP contribution is 2.30. The van der Waals surface area contributed by atoms with Crippen molar-refractivity contribution in [1.82, 2.24) is 0 Å². The predicted octanol–water partition coefficient (Wildman–Crippen LogP) is -1.96. The number of hydrogen-bond donors (Lipinski definition) is 6. The third-order valence-corrected chi connectivity index (χ3v) is 5.60. The summed E-state index contributed by atoms with van der Waals surface area (Å²) in [7, 11) is 0. The van der Waals surface area contributed by atoms with Crippen LogP contribution in [-0.2, 0) is 30.3 Å². The van der Waals surface area contributed by atoms with E-state index in [1.807, 2.05) is 30.3 Å². The van der Waals surface area contributed by atoms with Crippen LogP contribution in [0.15, 0.2) is 43.0 Å². The summed E-state index contributed by atoms with van der Waals surface area (Å²) in [4.78, 5) is 0. The molecule has 0 saturated carbocycles. The molecule has 0 aromatic heterocycles. The summed E-state index contributed by atoms with van der Waals surface area (Å²) in [6.45, 7) is 2.44. The Labute approximate surface area is 191 Å². The maximum absolute atomic E-state index is 10.7. The Kier molecular flexibility index (Phi) is 9.73. The van der Waals surface area contributed by atoms with E-state index in [1.165, 1.54) is 6.08 Å². The Bertz CT molecular complexity index is 718. The zero-order chi connectivity index (χ0) is 24.0. The molecule has 0 aliphatic carbocycles. The molecule has 10 atom stereocenters. The molecule has 186 valence electrons. The monoisotopic (exact) mass is 472 g/mol. The SMILES string of the molecule is C=CCO[C@H]1[C@@H](O)[C@@H](CO)O[C@@H](O[C@H]2[C@H](O)[C@@H](O)[C@H](OCc3ccccc3)O[C@@H]2CO)[C@@H]1O. The molecule has 2 aliphatic rings. The van der Waals surface area contributed by atoms with Gasteiger partial charge >= 0.3 is 0 Å². The molecule has 2 aliphatic heterocycles. The van der Waals surface area contributed by atoms with Gasteiger partial charge in [-0.1, -0.05) is 36.4 Å². The number of ether oxygens (including phenoxy) is 5. The molecular formula is C22H32O11. The average molecular weight is 472 g/mol. The van der Waals surface area contributed by atoms with Crippen molar-refractivity contribution in [2.24, 2.45) is 0 Å². The molecule has 6 N–H and O–H groups in total. The Morgan fingerprint density at radius 2 is 1.45 bits per heavy atom. The van der Waals surface area contributed by atoms with Crippen LogP contribution >= 0.6 is 0 Å². The summed E-state index contributed by atoms with van der Waals surface area (Å²) in [5.74, 6) is 0. The van der Waals surface area contributed by atoms with Crippen LogP contribution in [0.3, 0.4) is 0 Å². The van der Waals surface area contributed by atoms with Gasteiger partial charge in [0.2, 0.25) is 0 Å². The van der Waals surface area contributed by atoms with Crippen LogP contribution in [0.5, 0.6) is 0 Å². The fourth-order valence-corrected chi connectivity index (χ4v) is 3.81. The zero-order valence-electron chi connectivity index (χ0n) is 18.0. The molecule has 11 heteroatoms. The van der Waals surface area contributed by atoms with E-state index in [1.54, 1.807) is 0 Å². The second-order valence-corrected chi connectivity index (χ2v) is 7.90. The molecule has 1 aromatic rings. The smallest absolute Gasteiger partial charge is 0.187 e. The molecule has 2 saturated heterocycles. The van der Waals surface area contributed by atoms with Gasteiger partial charge in [-0.25, -0.2) is 0 Å². The highest BCUT2D eigenvalue weighted by molar-refractivity contribution is 5.13. The molecule has 3 rings (SSSR count). The number of rotatable bonds is 10. The van der Waals surface area contributed by atoms with Gasteiger partial charge in [0.1, 0.15) is 48.8 Å². The number of hydrogen-bond acceptors (Lipinski definition) is 11. The molecule has 1 aromatic carbocycles. The van der Waals surface area contributed by atoms with E-state index in [2.05, 4.69) is 6.58 Å². The zero-order valence-corrected chi connectivity index (χ0v) is 18.0. The lowest BCUT2D eigenvalue weighted by atomic mass is 9.97. The molecule has 2 fully saturated rings. The van der Waals surface area contributed by atoms with Crippen molar-refractivity contribution >= 4 is 0 Å². The van der Waals surface area contributed by atoms with Gasteiger partial charge in [-0.05, 0) is 5.56 Å². The van der Waals surface area contributed by atoms with Gasteiger partial charge in [0.05, 0.1) is 26.4 Å². The van der Waals surface area contributed by atoms with Gasteiger partial charge in [0.25, 0.3) is 0 Å². The fourth-order valence-electron chi connectivity index (χ4n) is 3.81. The predicted molar refractivity (Wildman–Crippen MR) is 112 cm³/mol. The number of benzene rings is 1. The maximum atomic E-state index is 10.7. The van der Waals surface area contributed by atoms with Gasteiger partial charge in [-0.15, -0.1) is 6.58 Å². The number of aliphatic hydroxyl groups is 6. The number of aliphatic hydroxyl groups excluding tert-OH is 6. The Morgan fingerprint density at radius 3 is 2.09 bits per heavy atom. The van der Waals surface area contributed by atoms with Crippen molar-refractivity contribution in [1.29, 1.82) is 0 Å². The summed E-state index contributed by atoms with van der Waals surface area (Å²) in [6, 6.07) is 9.13.